The van der Waals surface area contributed by atoms with E-state index in [-0.39, 0.29) is 11.8 Å². The highest BCUT2D eigenvalue weighted by Crippen LogP contribution is 2.13. The van der Waals surface area contributed by atoms with E-state index in [4.69, 9.17) is 0 Å². The topological polar surface area (TPSA) is 62.3 Å². The molecule has 0 spiro atoms. The van der Waals surface area contributed by atoms with Crippen LogP contribution in [0.15, 0.2) is 24.5 Å². The van der Waals surface area contributed by atoms with E-state index in [1.54, 1.807) is 16.7 Å². The molecule has 2 heterocycles. The van der Waals surface area contributed by atoms with E-state index in [2.05, 4.69) is 10.3 Å². The third kappa shape index (κ3) is 3.07. The average molecular weight is 269 g/mol. The van der Waals surface area contributed by atoms with E-state index in [9.17, 15) is 8.42 Å². The fraction of sp³-hybridized carbons (Fsp3) is 0.583. The lowest BCUT2D eigenvalue weighted by Crippen LogP contribution is -2.59. The van der Waals surface area contributed by atoms with Crippen molar-refractivity contribution in [2.45, 2.75) is 19.4 Å². The lowest BCUT2D eigenvalue weighted by atomic mass is 10.2. The zero-order chi connectivity index (χ0) is 13.0. The molecule has 0 radical (unpaired) electrons. The van der Waals surface area contributed by atoms with Gasteiger partial charge in [0.25, 0.3) is 0 Å². The largest absolute Gasteiger partial charge is 0.313 e. The molecule has 0 bridgehead atoms. The summed E-state index contributed by atoms with van der Waals surface area (Å²) in [5.41, 5.74) is 1.01. The van der Waals surface area contributed by atoms with Crippen LogP contribution in [0.25, 0.3) is 0 Å². The van der Waals surface area contributed by atoms with Crippen molar-refractivity contribution in [2.24, 2.45) is 0 Å². The minimum atomic E-state index is -3.16. The van der Waals surface area contributed by atoms with Crippen molar-refractivity contribution in [2.75, 3.05) is 25.4 Å². The number of aryl methyl sites for hydroxylation is 1. The van der Waals surface area contributed by atoms with Gasteiger partial charge < -0.3 is 5.32 Å². The number of nitrogens with one attached hydrogen (secondary N) is 1. The van der Waals surface area contributed by atoms with Crippen LogP contribution >= 0.6 is 0 Å². The standard InChI is InChI=1S/C12H19N3O2S/c1-2-15(12-9-14-10-12)18(16,17)8-5-11-3-6-13-7-4-11/h3-4,6-7,12,14H,2,5,8-10H2,1H3. The molecule has 1 N–H and O–H groups in total. The smallest absolute Gasteiger partial charge is 0.214 e. The summed E-state index contributed by atoms with van der Waals surface area (Å²) < 4.78 is 26.1. The van der Waals surface area contributed by atoms with E-state index in [0.717, 1.165) is 18.7 Å². The van der Waals surface area contributed by atoms with Gasteiger partial charge in [-0.15, -0.1) is 0 Å². The fourth-order valence-electron chi connectivity index (χ4n) is 2.07. The second kappa shape index (κ2) is 5.77. The summed E-state index contributed by atoms with van der Waals surface area (Å²) in [6, 6.07) is 3.85. The van der Waals surface area contributed by atoms with Gasteiger partial charge in [0, 0.05) is 38.1 Å². The molecule has 0 amide bonds. The summed E-state index contributed by atoms with van der Waals surface area (Å²) in [6.45, 7) is 3.97. The molecule has 2 rings (SSSR count). The van der Waals surface area contributed by atoms with Crippen molar-refractivity contribution in [3.05, 3.63) is 30.1 Å². The Hall–Kier alpha value is -0.980. The molecule has 18 heavy (non-hydrogen) atoms. The molecular formula is C12H19N3O2S. The molecule has 0 aliphatic carbocycles. The molecule has 100 valence electrons. The summed E-state index contributed by atoms with van der Waals surface area (Å²) in [5, 5.41) is 3.11. The molecular weight excluding hydrogens is 250 g/mol. The lowest BCUT2D eigenvalue weighted by molar-refractivity contribution is 0.249. The van der Waals surface area contributed by atoms with Gasteiger partial charge >= 0.3 is 0 Å². The van der Waals surface area contributed by atoms with E-state index in [1.807, 2.05) is 19.1 Å². The summed E-state index contributed by atoms with van der Waals surface area (Å²) >= 11 is 0. The van der Waals surface area contributed by atoms with Gasteiger partial charge in [-0.1, -0.05) is 6.92 Å². The number of aromatic nitrogens is 1. The highest BCUT2D eigenvalue weighted by molar-refractivity contribution is 7.89. The van der Waals surface area contributed by atoms with Crippen LogP contribution in [-0.4, -0.2) is 49.1 Å². The third-order valence-electron chi connectivity index (χ3n) is 3.23. The quantitative estimate of drug-likeness (QED) is 0.804. The van der Waals surface area contributed by atoms with Gasteiger partial charge in [0.2, 0.25) is 10.0 Å². The Bertz CT molecular complexity index is 471. The van der Waals surface area contributed by atoms with Crippen LogP contribution in [0, 0.1) is 0 Å². The minimum Gasteiger partial charge on any atom is -0.313 e. The molecule has 1 aliphatic heterocycles. The first-order chi connectivity index (χ1) is 8.63. The molecule has 1 fully saturated rings. The van der Waals surface area contributed by atoms with Crippen molar-refractivity contribution >= 4 is 10.0 Å². The Morgan fingerprint density at radius 3 is 2.56 bits per heavy atom. The lowest BCUT2D eigenvalue weighted by Gasteiger charge is -2.36. The second-order valence-corrected chi connectivity index (χ2v) is 6.48. The first kappa shape index (κ1) is 13.5. The third-order valence-corrected chi connectivity index (χ3v) is 5.23. The van der Waals surface area contributed by atoms with Gasteiger partial charge in [-0.2, -0.15) is 4.31 Å². The molecule has 1 aromatic rings. The molecule has 1 saturated heterocycles. The van der Waals surface area contributed by atoms with Crippen LogP contribution in [-0.2, 0) is 16.4 Å². The number of sulfonamides is 1. The molecule has 5 nitrogen and oxygen atoms in total. The first-order valence-corrected chi connectivity index (χ1v) is 7.83. The number of nitrogens with zero attached hydrogens (tertiary/aromatic N) is 2. The van der Waals surface area contributed by atoms with Crippen molar-refractivity contribution in [1.29, 1.82) is 0 Å². The molecule has 0 atom stereocenters. The minimum absolute atomic E-state index is 0.137. The Morgan fingerprint density at radius 1 is 1.39 bits per heavy atom. The Balaban J connectivity index is 1.97. The van der Waals surface area contributed by atoms with Gasteiger partial charge in [-0.3, -0.25) is 4.98 Å². The maximum Gasteiger partial charge on any atom is 0.214 e. The van der Waals surface area contributed by atoms with E-state index in [0.29, 0.717) is 13.0 Å². The first-order valence-electron chi connectivity index (χ1n) is 6.22. The Labute approximate surface area is 108 Å². The van der Waals surface area contributed by atoms with Crippen LogP contribution in [0.2, 0.25) is 0 Å². The zero-order valence-corrected chi connectivity index (χ0v) is 11.4. The molecule has 1 aliphatic rings. The predicted molar refractivity (Wildman–Crippen MR) is 70.8 cm³/mol. The SMILES string of the molecule is CCN(C1CNC1)S(=O)(=O)CCc1ccncc1. The molecule has 0 aromatic carbocycles. The van der Waals surface area contributed by atoms with Crippen molar-refractivity contribution in [1.82, 2.24) is 14.6 Å². The van der Waals surface area contributed by atoms with Crippen molar-refractivity contribution in [3.8, 4) is 0 Å². The van der Waals surface area contributed by atoms with E-state index >= 15 is 0 Å². The highest BCUT2D eigenvalue weighted by atomic mass is 32.2. The van der Waals surface area contributed by atoms with E-state index < -0.39 is 10.0 Å². The second-order valence-electron chi connectivity index (χ2n) is 4.44. The zero-order valence-electron chi connectivity index (χ0n) is 10.5. The van der Waals surface area contributed by atoms with Gasteiger partial charge in [0.05, 0.1) is 5.75 Å². The maximum absolute atomic E-state index is 12.3. The van der Waals surface area contributed by atoms with Gasteiger partial charge in [0.15, 0.2) is 0 Å². The number of hydrogen-bond donors (Lipinski definition) is 1. The Kier molecular flexibility index (Phi) is 4.31. The van der Waals surface area contributed by atoms with Crippen LogP contribution in [0.5, 0.6) is 0 Å². The van der Waals surface area contributed by atoms with Crippen LogP contribution < -0.4 is 5.32 Å². The average Bonchev–Trinajstić information content (AvgIpc) is 2.32. The summed E-state index contributed by atoms with van der Waals surface area (Å²) in [5.74, 6) is 0.168. The number of pyridine rings is 1. The molecule has 6 heteroatoms. The Morgan fingerprint density at radius 2 is 2.06 bits per heavy atom. The summed E-state index contributed by atoms with van der Waals surface area (Å²) in [4.78, 5) is 3.92. The highest BCUT2D eigenvalue weighted by Gasteiger charge is 2.31. The van der Waals surface area contributed by atoms with Crippen molar-refractivity contribution < 1.29 is 8.42 Å². The maximum atomic E-state index is 12.3. The van der Waals surface area contributed by atoms with Crippen molar-refractivity contribution in [3.63, 3.8) is 0 Å². The predicted octanol–water partition coefficient (Wildman–Crippen LogP) is 0.248. The molecule has 0 unspecified atom stereocenters. The van der Waals surface area contributed by atoms with E-state index in [1.165, 1.54) is 0 Å². The van der Waals surface area contributed by atoms with Gasteiger partial charge in [-0.05, 0) is 24.1 Å². The summed E-state index contributed by atoms with van der Waals surface area (Å²) in [6.07, 6.45) is 3.92. The fourth-order valence-corrected chi connectivity index (χ4v) is 3.80. The summed E-state index contributed by atoms with van der Waals surface area (Å²) in [7, 11) is -3.16. The molecule has 1 aromatic heterocycles. The monoisotopic (exact) mass is 269 g/mol. The number of likely N-dealkylation sites (N-methyl/N-ethyl adjacent to an activating group) is 1. The van der Waals surface area contributed by atoms with Crippen LogP contribution in [0.3, 0.4) is 0 Å². The van der Waals surface area contributed by atoms with Crippen LogP contribution in [0.1, 0.15) is 12.5 Å². The molecule has 0 saturated carbocycles. The normalized spacial score (nSPS) is 16.8. The number of rotatable bonds is 6. The van der Waals surface area contributed by atoms with Gasteiger partial charge in [-0.25, -0.2) is 8.42 Å². The van der Waals surface area contributed by atoms with Gasteiger partial charge in [0.1, 0.15) is 0 Å². The van der Waals surface area contributed by atoms with Crippen LogP contribution in [0.4, 0.5) is 0 Å². The number of hydrogen-bond acceptors (Lipinski definition) is 4.